The fraction of sp³-hybridized carbons (Fsp3) is 0.250. The number of anilines is 2. The molecule has 3 aromatic rings. The van der Waals surface area contributed by atoms with Crippen LogP contribution in [0.25, 0.3) is 0 Å². The molecule has 0 spiro atoms. The van der Waals surface area contributed by atoms with Crippen LogP contribution in [0.3, 0.4) is 0 Å². The lowest BCUT2D eigenvalue weighted by Crippen LogP contribution is -2.27. The van der Waals surface area contributed by atoms with Crippen molar-refractivity contribution in [3.63, 3.8) is 0 Å². The summed E-state index contributed by atoms with van der Waals surface area (Å²) in [5.41, 5.74) is 4.60. The maximum absolute atomic E-state index is 13.2. The largest absolute Gasteiger partial charge is 0.352 e. The molecular weight excluding hydrogens is 442 g/mol. The summed E-state index contributed by atoms with van der Waals surface area (Å²) in [6.45, 7) is 0.550. The Labute approximate surface area is 205 Å². The monoisotopic (exact) mass is 473 g/mol. The lowest BCUT2D eigenvalue weighted by Gasteiger charge is -2.23. The van der Waals surface area contributed by atoms with Gasteiger partial charge < -0.3 is 5.32 Å². The van der Waals surface area contributed by atoms with E-state index in [1.54, 1.807) is 22.5 Å². The second-order valence-electron chi connectivity index (χ2n) is 8.23. The summed E-state index contributed by atoms with van der Waals surface area (Å²) in [6.07, 6.45) is 3.76. The number of nitrogens with zero attached hydrogens (tertiary/aromatic N) is 1. The Balaban J connectivity index is 1.51. The Morgan fingerprint density at radius 3 is 1.86 bits per heavy atom. The highest BCUT2D eigenvalue weighted by atomic mass is 16.5. The summed E-state index contributed by atoms with van der Waals surface area (Å²) in [4.78, 5) is 38.3. The van der Waals surface area contributed by atoms with E-state index in [-0.39, 0.29) is 24.1 Å². The van der Waals surface area contributed by atoms with Gasteiger partial charge in [-0.05, 0) is 54.8 Å². The highest BCUT2D eigenvalue weighted by molar-refractivity contribution is 6.01. The topological polar surface area (TPSA) is 98.7 Å². The van der Waals surface area contributed by atoms with Gasteiger partial charge in [-0.2, -0.15) is 0 Å². The molecule has 182 valence electrons. The number of carbonyl (C=O) groups is 3. The molecule has 3 rings (SSSR count). The zero-order valence-corrected chi connectivity index (χ0v) is 19.7. The average Bonchev–Trinajstić information content (AvgIpc) is 2.89. The van der Waals surface area contributed by atoms with E-state index in [9.17, 15) is 14.4 Å². The van der Waals surface area contributed by atoms with Crippen molar-refractivity contribution in [3.8, 4) is 0 Å². The maximum Gasteiger partial charge on any atom is 0.251 e. The number of nitrogens with one attached hydrogen (secondary N) is 2. The fourth-order valence-electron chi connectivity index (χ4n) is 3.74. The van der Waals surface area contributed by atoms with Gasteiger partial charge in [-0.1, -0.05) is 61.4 Å². The Kier molecular flexibility index (Phi) is 10.0. The molecule has 0 bridgehead atoms. The highest BCUT2D eigenvalue weighted by Crippen LogP contribution is 2.26. The third-order valence-electron chi connectivity index (χ3n) is 5.59. The third kappa shape index (κ3) is 8.08. The van der Waals surface area contributed by atoms with Crippen LogP contribution < -0.4 is 15.7 Å². The Morgan fingerprint density at radius 1 is 0.714 bits per heavy atom. The molecule has 0 aliphatic rings. The molecule has 3 aromatic carbocycles. The SMILES string of the molecule is O=C(CCCCCCNC(=O)c1ccc(CC(=O)N(c2ccccc2)c2ccccc2)cc1)NO. The number of unbranched alkanes of at least 4 members (excludes halogenated alkanes) is 3. The Hall–Kier alpha value is -3.97. The zero-order valence-electron chi connectivity index (χ0n) is 19.7. The molecular formula is C28H31N3O4. The standard InChI is InChI=1S/C28H31N3O4/c32-26(30-35)15-9-1-2-10-20-29-28(34)23-18-16-22(17-19-23)21-27(33)31(24-11-5-3-6-12-24)25-13-7-4-8-14-25/h3-8,11-14,16-19,35H,1-2,9-10,15,20-21H2,(H,29,34)(H,30,32). The molecule has 3 N–H and O–H groups in total. The number of hydrogen-bond acceptors (Lipinski definition) is 4. The first kappa shape index (κ1) is 25.6. The van der Waals surface area contributed by atoms with E-state index < -0.39 is 0 Å². The van der Waals surface area contributed by atoms with Crippen molar-refractivity contribution in [1.82, 2.24) is 10.8 Å². The minimum Gasteiger partial charge on any atom is -0.352 e. The molecule has 0 aliphatic carbocycles. The van der Waals surface area contributed by atoms with Gasteiger partial charge in [-0.3, -0.25) is 24.5 Å². The first-order chi connectivity index (χ1) is 17.1. The summed E-state index contributed by atoms with van der Waals surface area (Å²) in [5, 5.41) is 11.4. The van der Waals surface area contributed by atoms with Crippen LogP contribution in [0.15, 0.2) is 84.9 Å². The molecule has 0 saturated heterocycles. The van der Waals surface area contributed by atoms with Crippen molar-refractivity contribution in [3.05, 3.63) is 96.1 Å². The van der Waals surface area contributed by atoms with Crippen LogP contribution in [0.4, 0.5) is 11.4 Å². The lowest BCUT2D eigenvalue weighted by molar-refractivity contribution is -0.129. The van der Waals surface area contributed by atoms with Gasteiger partial charge in [0.05, 0.1) is 6.42 Å². The first-order valence-electron chi connectivity index (χ1n) is 11.8. The van der Waals surface area contributed by atoms with Crippen LogP contribution in [0, 0.1) is 0 Å². The van der Waals surface area contributed by atoms with Crippen molar-refractivity contribution in [2.45, 2.75) is 38.5 Å². The van der Waals surface area contributed by atoms with E-state index in [1.165, 1.54) is 0 Å². The van der Waals surface area contributed by atoms with Gasteiger partial charge in [0, 0.05) is 29.9 Å². The van der Waals surface area contributed by atoms with Gasteiger partial charge in [0.1, 0.15) is 0 Å². The summed E-state index contributed by atoms with van der Waals surface area (Å²) >= 11 is 0. The summed E-state index contributed by atoms with van der Waals surface area (Å²) in [7, 11) is 0. The van der Waals surface area contributed by atoms with Crippen molar-refractivity contribution >= 4 is 29.1 Å². The van der Waals surface area contributed by atoms with Gasteiger partial charge in [0.15, 0.2) is 0 Å². The van der Waals surface area contributed by atoms with E-state index in [4.69, 9.17) is 5.21 Å². The molecule has 3 amide bonds. The molecule has 0 radical (unpaired) electrons. The third-order valence-corrected chi connectivity index (χ3v) is 5.59. The first-order valence-corrected chi connectivity index (χ1v) is 11.8. The number of rotatable bonds is 12. The number of para-hydroxylation sites is 2. The molecule has 0 aliphatic heterocycles. The van der Waals surface area contributed by atoms with E-state index in [0.717, 1.165) is 36.2 Å². The van der Waals surface area contributed by atoms with Crippen molar-refractivity contribution in [2.24, 2.45) is 0 Å². The molecule has 0 fully saturated rings. The number of hydroxylamine groups is 1. The minimum absolute atomic E-state index is 0.0592. The van der Waals surface area contributed by atoms with E-state index in [0.29, 0.717) is 24.9 Å². The second-order valence-corrected chi connectivity index (χ2v) is 8.23. The second kappa shape index (κ2) is 13.7. The van der Waals surface area contributed by atoms with E-state index >= 15 is 0 Å². The number of benzene rings is 3. The average molecular weight is 474 g/mol. The Morgan fingerprint density at radius 2 is 1.29 bits per heavy atom. The quantitative estimate of drug-likeness (QED) is 0.200. The zero-order chi connectivity index (χ0) is 24.9. The highest BCUT2D eigenvalue weighted by Gasteiger charge is 2.18. The van der Waals surface area contributed by atoms with Crippen molar-refractivity contribution in [1.29, 1.82) is 0 Å². The van der Waals surface area contributed by atoms with Crippen molar-refractivity contribution in [2.75, 3.05) is 11.4 Å². The van der Waals surface area contributed by atoms with Gasteiger partial charge in [0.25, 0.3) is 5.91 Å². The number of amides is 3. The van der Waals surface area contributed by atoms with Crippen LogP contribution in [0.5, 0.6) is 0 Å². The summed E-state index contributed by atoms with van der Waals surface area (Å²) < 4.78 is 0. The van der Waals surface area contributed by atoms with E-state index in [2.05, 4.69) is 5.32 Å². The normalized spacial score (nSPS) is 10.4. The lowest BCUT2D eigenvalue weighted by atomic mass is 10.1. The van der Waals surface area contributed by atoms with E-state index in [1.807, 2.05) is 72.8 Å². The van der Waals surface area contributed by atoms with Crippen LogP contribution in [0.2, 0.25) is 0 Å². The Bertz CT molecular complexity index is 1050. The molecule has 7 nitrogen and oxygen atoms in total. The predicted octanol–water partition coefficient (Wildman–Crippen LogP) is 4.78. The molecule has 0 atom stereocenters. The molecule has 0 unspecified atom stereocenters. The predicted molar refractivity (Wildman–Crippen MR) is 136 cm³/mol. The summed E-state index contributed by atoms with van der Waals surface area (Å²) in [5.74, 6) is -0.593. The van der Waals surface area contributed by atoms with Crippen LogP contribution in [0.1, 0.15) is 48.0 Å². The molecule has 35 heavy (non-hydrogen) atoms. The molecule has 7 heteroatoms. The van der Waals surface area contributed by atoms with Crippen LogP contribution >= 0.6 is 0 Å². The van der Waals surface area contributed by atoms with Crippen LogP contribution in [-0.4, -0.2) is 29.5 Å². The summed E-state index contributed by atoms with van der Waals surface area (Å²) in [6, 6.07) is 26.2. The van der Waals surface area contributed by atoms with Crippen LogP contribution in [-0.2, 0) is 16.0 Å². The number of hydrogen-bond donors (Lipinski definition) is 3. The molecule has 0 aromatic heterocycles. The maximum atomic E-state index is 13.2. The van der Waals surface area contributed by atoms with Crippen molar-refractivity contribution < 1.29 is 19.6 Å². The van der Waals surface area contributed by atoms with Gasteiger partial charge in [-0.15, -0.1) is 0 Å². The number of carbonyl (C=O) groups excluding carboxylic acids is 3. The molecule has 0 heterocycles. The molecule has 0 saturated carbocycles. The van der Waals surface area contributed by atoms with Gasteiger partial charge in [-0.25, -0.2) is 5.48 Å². The fourth-order valence-corrected chi connectivity index (χ4v) is 3.74. The van der Waals surface area contributed by atoms with Gasteiger partial charge in [0.2, 0.25) is 11.8 Å². The van der Waals surface area contributed by atoms with Gasteiger partial charge >= 0.3 is 0 Å². The smallest absolute Gasteiger partial charge is 0.251 e. The minimum atomic E-state index is -0.378.